The maximum absolute atomic E-state index is 10.3. The molecule has 9 N–H and O–H groups in total. The Bertz CT molecular complexity index is 448. The van der Waals surface area contributed by atoms with Crippen LogP contribution >= 0.6 is 0 Å². The van der Waals surface area contributed by atoms with Gasteiger partial charge in [-0.1, -0.05) is 0 Å². The van der Waals surface area contributed by atoms with Crippen LogP contribution in [0.3, 0.4) is 0 Å². The second kappa shape index (κ2) is 3.25. The first kappa shape index (κ1) is 11.5. The van der Waals surface area contributed by atoms with Crippen molar-refractivity contribution < 1.29 is 10.2 Å². The van der Waals surface area contributed by atoms with Gasteiger partial charge in [-0.3, -0.25) is 0 Å². The Morgan fingerprint density at radius 1 is 1.39 bits per heavy atom. The van der Waals surface area contributed by atoms with E-state index in [-0.39, 0.29) is 24.9 Å². The van der Waals surface area contributed by atoms with Crippen molar-refractivity contribution >= 4 is 11.9 Å². The number of nitrogens with two attached hydrogens (primary N) is 3. The lowest BCUT2D eigenvalue weighted by molar-refractivity contribution is -0.220. The van der Waals surface area contributed by atoms with Crippen molar-refractivity contribution in [2.75, 3.05) is 13.1 Å². The van der Waals surface area contributed by atoms with E-state index >= 15 is 0 Å². The Labute approximate surface area is 103 Å². The molecule has 1 saturated heterocycles. The summed E-state index contributed by atoms with van der Waals surface area (Å²) in [5.41, 5.74) is 16.0. The van der Waals surface area contributed by atoms with Gasteiger partial charge in [-0.2, -0.15) is 0 Å². The molecule has 0 bridgehead atoms. The molecule has 9 nitrogen and oxygen atoms in total. The molecule has 0 unspecified atom stereocenters. The molecule has 0 aliphatic carbocycles. The number of guanidine groups is 2. The fourth-order valence-electron chi connectivity index (χ4n) is 3.11. The largest absolute Gasteiger partial charge is 0.370 e. The Morgan fingerprint density at radius 2 is 2.11 bits per heavy atom. The van der Waals surface area contributed by atoms with Crippen LogP contribution in [0.2, 0.25) is 0 Å². The smallest absolute Gasteiger partial charge is 0.210 e. The van der Waals surface area contributed by atoms with Gasteiger partial charge in [0, 0.05) is 19.5 Å². The van der Waals surface area contributed by atoms with E-state index in [2.05, 4.69) is 15.3 Å². The maximum Gasteiger partial charge on any atom is 0.210 e. The van der Waals surface area contributed by atoms with Crippen molar-refractivity contribution in [2.24, 2.45) is 27.2 Å². The Hall–Kier alpha value is -1.58. The van der Waals surface area contributed by atoms with Gasteiger partial charge in [0.2, 0.25) is 5.79 Å². The lowest BCUT2D eigenvalue weighted by atomic mass is 9.86. The summed E-state index contributed by atoms with van der Waals surface area (Å²) >= 11 is 0. The zero-order valence-corrected chi connectivity index (χ0v) is 9.74. The quantitative estimate of drug-likeness (QED) is 0.260. The SMILES string of the molecule is NC[C@H]1N=C(N)N2CCC(O)(O)[C@@]23NC(N)=N[C@@H]13. The number of rotatable bonds is 1. The van der Waals surface area contributed by atoms with E-state index in [0.29, 0.717) is 6.54 Å². The normalized spacial score (nSPS) is 40.7. The van der Waals surface area contributed by atoms with Gasteiger partial charge in [0.15, 0.2) is 17.6 Å². The first-order chi connectivity index (χ1) is 8.42. The predicted octanol–water partition coefficient (Wildman–Crippen LogP) is -3.99. The van der Waals surface area contributed by atoms with Crippen molar-refractivity contribution in [2.45, 2.75) is 30.0 Å². The number of hydrogen-bond donors (Lipinski definition) is 6. The molecule has 0 aromatic heterocycles. The van der Waals surface area contributed by atoms with Crippen LogP contribution in [0, 0.1) is 0 Å². The van der Waals surface area contributed by atoms with Crippen LogP contribution in [-0.4, -0.2) is 63.7 Å². The Kier molecular flexibility index (Phi) is 2.08. The topological polar surface area (TPSA) is 159 Å². The molecular weight excluding hydrogens is 238 g/mol. The molecule has 18 heavy (non-hydrogen) atoms. The molecule has 1 spiro atoms. The number of hydrogen-bond acceptors (Lipinski definition) is 9. The minimum atomic E-state index is -1.99. The van der Waals surface area contributed by atoms with Crippen LogP contribution in [0.4, 0.5) is 0 Å². The van der Waals surface area contributed by atoms with Gasteiger partial charge < -0.3 is 37.6 Å². The van der Waals surface area contributed by atoms with Crippen LogP contribution in [-0.2, 0) is 0 Å². The fraction of sp³-hybridized carbons (Fsp3) is 0.778. The monoisotopic (exact) mass is 255 g/mol. The van der Waals surface area contributed by atoms with E-state index in [9.17, 15) is 10.2 Å². The highest BCUT2D eigenvalue weighted by molar-refractivity contribution is 5.87. The van der Waals surface area contributed by atoms with Crippen LogP contribution in [0.15, 0.2) is 9.98 Å². The predicted molar refractivity (Wildman–Crippen MR) is 64.2 cm³/mol. The molecule has 0 radical (unpaired) electrons. The van der Waals surface area contributed by atoms with Gasteiger partial charge in [-0.25, -0.2) is 9.98 Å². The number of nitrogens with one attached hydrogen (secondary N) is 1. The van der Waals surface area contributed by atoms with Gasteiger partial charge >= 0.3 is 0 Å². The van der Waals surface area contributed by atoms with Crippen LogP contribution < -0.4 is 22.5 Å². The Morgan fingerprint density at radius 3 is 2.78 bits per heavy atom. The summed E-state index contributed by atoms with van der Waals surface area (Å²) in [6, 6.07) is -0.987. The second-order valence-electron chi connectivity index (χ2n) is 4.86. The third-order valence-electron chi connectivity index (χ3n) is 3.93. The van der Waals surface area contributed by atoms with E-state index in [0.717, 1.165) is 0 Å². The molecule has 3 aliphatic rings. The third-order valence-corrected chi connectivity index (χ3v) is 3.93. The second-order valence-corrected chi connectivity index (χ2v) is 4.86. The first-order valence-electron chi connectivity index (χ1n) is 5.79. The van der Waals surface area contributed by atoms with E-state index in [1.165, 1.54) is 0 Å². The highest BCUT2D eigenvalue weighted by atomic mass is 16.5. The molecule has 3 heterocycles. The van der Waals surface area contributed by atoms with Crippen LogP contribution in [0.5, 0.6) is 0 Å². The Balaban J connectivity index is 2.15. The summed E-state index contributed by atoms with van der Waals surface area (Å²) in [7, 11) is 0. The highest BCUT2D eigenvalue weighted by Gasteiger charge is 2.69. The first-order valence-corrected chi connectivity index (χ1v) is 5.79. The van der Waals surface area contributed by atoms with Crippen molar-refractivity contribution in [1.29, 1.82) is 0 Å². The summed E-state index contributed by atoms with van der Waals surface area (Å²) in [5.74, 6) is -1.62. The van der Waals surface area contributed by atoms with Gasteiger partial charge in [0.25, 0.3) is 0 Å². The van der Waals surface area contributed by atoms with E-state index < -0.39 is 23.5 Å². The molecule has 0 amide bonds. The van der Waals surface area contributed by atoms with Crippen molar-refractivity contribution in [3.8, 4) is 0 Å². The van der Waals surface area contributed by atoms with Gasteiger partial charge in [0.05, 0.1) is 6.04 Å². The lowest BCUT2D eigenvalue weighted by Crippen LogP contribution is -2.76. The minimum absolute atomic E-state index is 0.132. The van der Waals surface area contributed by atoms with Gasteiger partial charge in [0.1, 0.15) is 6.04 Å². The van der Waals surface area contributed by atoms with Crippen molar-refractivity contribution in [3.63, 3.8) is 0 Å². The molecule has 0 saturated carbocycles. The van der Waals surface area contributed by atoms with Crippen molar-refractivity contribution in [1.82, 2.24) is 10.2 Å². The van der Waals surface area contributed by atoms with Gasteiger partial charge in [-0.05, 0) is 0 Å². The molecule has 100 valence electrons. The summed E-state index contributed by atoms with van der Waals surface area (Å²) in [6.07, 6.45) is 0.132. The van der Waals surface area contributed by atoms with E-state index in [1.807, 2.05) is 0 Å². The van der Waals surface area contributed by atoms with E-state index in [1.54, 1.807) is 4.90 Å². The molecule has 0 aromatic rings. The number of nitrogens with zero attached hydrogens (tertiary/aromatic N) is 3. The average Bonchev–Trinajstić information content (AvgIpc) is 2.77. The molecule has 0 aromatic carbocycles. The average molecular weight is 255 g/mol. The third kappa shape index (κ3) is 1.11. The minimum Gasteiger partial charge on any atom is -0.370 e. The molecule has 9 heteroatoms. The maximum atomic E-state index is 10.3. The fourth-order valence-corrected chi connectivity index (χ4v) is 3.11. The molecular formula is C9H17N7O2. The molecule has 1 fully saturated rings. The molecule has 3 rings (SSSR count). The van der Waals surface area contributed by atoms with Crippen LogP contribution in [0.25, 0.3) is 0 Å². The molecule has 3 aliphatic heterocycles. The highest BCUT2D eigenvalue weighted by Crippen LogP contribution is 2.44. The summed E-state index contributed by atoms with van der Waals surface area (Å²) in [5, 5.41) is 23.4. The standard InChI is InChI=1S/C9H17N7O2/c10-3-4-5-9(15-6(11)14-5)8(17,18)1-2-16(9)7(12)13-4/h4-5,17-18H,1-3,10H2,(H2,12,13)(H3,11,14,15)/t4-,5+,9+/m1/s1. The zero-order chi connectivity index (χ0) is 13.1. The number of aliphatic hydroxyl groups is 2. The van der Waals surface area contributed by atoms with E-state index in [4.69, 9.17) is 17.2 Å². The molecule has 3 atom stereocenters. The number of aliphatic imine (C=N–C) groups is 2. The van der Waals surface area contributed by atoms with Crippen molar-refractivity contribution in [3.05, 3.63) is 0 Å². The lowest BCUT2D eigenvalue weighted by Gasteiger charge is -2.48. The summed E-state index contributed by atoms with van der Waals surface area (Å²) < 4.78 is 0. The summed E-state index contributed by atoms with van der Waals surface area (Å²) in [6.45, 7) is 0.571. The zero-order valence-electron chi connectivity index (χ0n) is 9.74. The van der Waals surface area contributed by atoms with Crippen LogP contribution in [0.1, 0.15) is 6.42 Å². The van der Waals surface area contributed by atoms with Gasteiger partial charge in [-0.15, -0.1) is 0 Å². The summed E-state index contributed by atoms with van der Waals surface area (Å²) in [4.78, 5) is 10.1.